The van der Waals surface area contributed by atoms with E-state index in [1.165, 1.54) is 28.9 Å². The molecule has 0 fully saturated rings. The molecule has 1 aliphatic carbocycles. The monoisotopic (exact) mass is 302 g/mol. The molecule has 4 nitrogen and oxygen atoms in total. The molecule has 0 spiro atoms. The summed E-state index contributed by atoms with van der Waals surface area (Å²) in [7, 11) is 0. The summed E-state index contributed by atoms with van der Waals surface area (Å²) in [5, 5.41) is 19.2. The maximum atomic E-state index is 11.9. The van der Waals surface area contributed by atoms with Gasteiger partial charge >= 0.3 is 6.03 Å². The van der Waals surface area contributed by atoms with Crippen molar-refractivity contribution in [2.24, 2.45) is 0 Å². The maximum Gasteiger partial charge on any atom is 0.319 e. The zero-order chi connectivity index (χ0) is 14.7. The summed E-state index contributed by atoms with van der Waals surface area (Å²) < 4.78 is 0. The molecule has 0 radical (unpaired) electrons. The number of hydrogen-bond donors (Lipinski definition) is 3. The van der Waals surface area contributed by atoms with Crippen LogP contribution >= 0.6 is 11.3 Å². The lowest BCUT2D eigenvalue weighted by Crippen LogP contribution is -2.32. The van der Waals surface area contributed by atoms with Crippen molar-refractivity contribution in [1.82, 2.24) is 5.32 Å². The van der Waals surface area contributed by atoms with Gasteiger partial charge in [0.2, 0.25) is 0 Å². The molecule has 2 amide bonds. The first-order valence-corrected chi connectivity index (χ1v) is 8.03. The largest absolute Gasteiger partial charge is 0.387 e. The van der Waals surface area contributed by atoms with E-state index in [2.05, 4.69) is 16.7 Å². The summed E-state index contributed by atoms with van der Waals surface area (Å²) in [6, 6.07) is 7.62. The van der Waals surface area contributed by atoms with Crippen LogP contribution < -0.4 is 10.6 Å². The standard InChI is InChI=1S/C16H18N2O2S/c19-15(13-6-7-21-10-13)9-17-16(20)18-14-5-4-11-2-1-3-12(11)8-14/h4-8,10,15,19H,1-3,9H2,(H2,17,18,20). The number of rotatable bonds is 4. The molecular formula is C16H18N2O2S. The second-order valence-electron chi connectivity index (χ2n) is 5.24. The SMILES string of the molecule is O=C(NCC(O)c1ccsc1)Nc1ccc2c(c1)CCC2. The molecule has 1 heterocycles. The number of aryl methyl sites for hydroxylation is 2. The van der Waals surface area contributed by atoms with Gasteiger partial charge in [0.15, 0.2) is 0 Å². The number of benzene rings is 1. The van der Waals surface area contributed by atoms with Crippen molar-refractivity contribution in [2.75, 3.05) is 11.9 Å². The Morgan fingerprint density at radius 2 is 2.14 bits per heavy atom. The number of anilines is 1. The van der Waals surface area contributed by atoms with Crippen LogP contribution in [0.15, 0.2) is 35.0 Å². The number of thiophene rings is 1. The van der Waals surface area contributed by atoms with Gasteiger partial charge in [0.1, 0.15) is 0 Å². The lowest BCUT2D eigenvalue weighted by atomic mass is 10.1. The summed E-state index contributed by atoms with van der Waals surface area (Å²) in [5.41, 5.74) is 4.34. The van der Waals surface area contributed by atoms with Gasteiger partial charge in [-0.3, -0.25) is 0 Å². The Balaban J connectivity index is 1.52. The fraction of sp³-hybridized carbons (Fsp3) is 0.312. The van der Waals surface area contributed by atoms with E-state index in [-0.39, 0.29) is 12.6 Å². The summed E-state index contributed by atoms with van der Waals surface area (Å²) in [5.74, 6) is 0. The van der Waals surface area contributed by atoms with Crippen molar-refractivity contribution in [3.8, 4) is 0 Å². The molecule has 3 N–H and O–H groups in total. The van der Waals surface area contributed by atoms with Crippen LogP contribution in [-0.4, -0.2) is 17.7 Å². The Kier molecular flexibility index (Phi) is 4.22. The third kappa shape index (κ3) is 3.43. The second kappa shape index (κ2) is 6.28. The van der Waals surface area contributed by atoms with E-state index in [0.29, 0.717) is 0 Å². The number of urea groups is 1. The highest BCUT2D eigenvalue weighted by Gasteiger charge is 2.13. The molecular weight excluding hydrogens is 284 g/mol. The zero-order valence-electron chi connectivity index (χ0n) is 11.6. The highest BCUT2D eigenvalue weighted by Crippen LogP contribution is 2.24. The lowest BCUT2D eigenvalue weighted by molar-refractivity contribution is 0.175. The molecule has 5 heteroatoms. The summed E-state index contributed by atoms with van der Waals surface area (Å²) >= 11 is 1.53. The van der Waals surface area contributed by atoms with Gasteiger partial charge in [-0.1, -0.05) is 6.07 Å². The molecule has 1 atom stereocenters. The van der Waals surface area contributed by atoms with Gasteiger partial charge in [-0.05, 0) is 64.9 Å². The molecule has 3 rings (SSSR count). The number of fused-ring (bicyclic) bond motifs is 1. The first-order chi connectivity index (χ1) is 10.2. The Morgan fingerprint density at radius 3 is 2.95 bits per heavy atom. The van der Waals surface area contributed by atoms with Crippen molar-refractivity contribution < 1.29 is 9.90 Å². The van der Waals surface area contributed by atoms with Crippen molar-refractivity contribution in [3.05, 3.63) is 51.7 Å². The predicted molar refractivity (Wildman–Crippen MR) is 84.8 cm³/mol. The molecule has 1 aromatic carbocycles. The number of aliphatic hydroxyl groups is 1. The van der Waals surface area contributed by atoms with Gasteiger partial charge in [-0.2, -0.15) is 11.3 Å². The molecule has 110 valence electrons. The van der Waals surface area contributed by atoms with Crippen molar-refractivity contribution in [2.45, 2.75) is 25.4 Å². The van der Waals surface area contributed by atoms with E-state index >= 15 is 0 Å². The number of nitrogens with one attached hydrogen (secondary N) is 2. The Hall–Kier alpha value is -1.85. The highest BCUT2D eigenvalue weighted by molar-refractivity contribution is 7.07. The number of carbonyl (C=O) groups is 1. The fourth-order valence-corrected chi connectivity index (χ4v) is 3.30. The van der Waals surface area contributed by atoms with E-state index in [1.807, 2.05) is 29.0 Å². The highest BCUT2D eigenvalue weighted by atomic mass is 32.1. The molecule has 1 unspecified atom stereocenters. The van der Waals surface area contributed by atoms with Crippen LogP contribution in [0.3, 0.4) is 0 Å². The fourth-order valence-electron chi connectivity index (χ4n) is 2.60. The molecule has 1 aromatic heterocycles. The third-order valence-electron chi connectivity index (χ3n) is 3.74. The van der Waals surface area contributed by atoms with Gasteiger partial charge in [0, 0.05) is 12.2 Å². The maximum absolute atomic E-state index is 11.9. The summed E-state index contributed by atoms with van der Waals surface area (Å²) in [6.45, 7) is 0.202. The zero-order valence-corrected chi connectivity index (χ0v) is 12.5. The molecule has 0 saturated heterocycles. The molecule has 2 aromatic rings. The van der Waals surface area contributed by atoms with Crippen LogP contribution in [0.25, 0.3) is 0 Å². The number of carbonyl (C=O) groups excluding carboxylic acids is 1. The molecule has 0 bridgehead atoms. The first kappa shape index (κ1) is 14.1. The van der Waals surface area contributed by atoms with E-state index < -0.39 is 6.10 Å². The minimum absolute atomic E-state index is 0.202. The van der Waals surface area contributed by atoms with Crippen LogP contribution in [-0.2, 0) is 12.8 Å². The molecule has 0 saturated carbocycles. The van der Waals surface area contributed by atoms with Gasteiger partial charge in [0.25, 0.3) is 0 Å². The number of aliphatic hydroxyl groups excluding tert-OH is 1. The van der Waals surface area contributed by atoms with Crippen molar-refractivity contribution in [1.29, 1.82) is 0 Å². The van der Waals surface area contributed by atoms with Gasteiger partial charge in [-0.25, -0.2) is 4.79 Å². The van der Waals surface area contributed by atoms with E-state index in [9.17, 15) is 9.90 Å². The third-order valence-corrected chi connectivity index (χ3v) is 4.44. The second-order valence-corrected chi connectivity index (χ2v) is 6.02. The lowest BCUT2D eigenvalue weighted by Gasteiger charge is -2.12. The van der Waals surface area contributed by atoms with Crippen LogP contribution in [0.4, 0.5) is 10.5 Å². The Labute approximate surface area is 127 Å². The topological polar surface area (TPSA) is 61.4 Å². The Bertz CT molecular complexity index is 625. The summed E-state index contributed by atoms with van der Waals surface area (Å²) in [4.78, 5) is 11.9. The first-order valence-electron chi connectivity index (χ1n) is 7.09. The van der Waals surface area contributed by atoms with Crippen LogP contribution in [0.1, 0.15) is 29.2 Å². The van der Waals surface area contributed by atoms with Crippen LogP contribution in [0.2, 0.25) is 0 Å². The Morgan fingerprint density at radius 1 is 1.29 bits per heavy atom. The van der Waals surface area contributed by atoms with E-state index in [4.69, 9.17) is 0 Å². The average Bonchev–Trinajstić information content (AvgIpc) is 3.15. The quantitative estimate of drug-likeness (QED) is 0.812. The van der Waals surface area contributed by atoms with Crippen molar-refractivity contribution in [3.63, 3.8) is 0 Å². The molecule has 1 aliphatic rings. The number of hydrogen-bond acceptors (Lipinski definition) is 3. The minimum Gasteiger partial charge on any atom is -0.387 e. The normalized spacial score (nSPS) is 14.5. The minimum atomic E-state index is -0.665. The smallest absolute Gasteiger partial charge is 0.319 e. The average molecular weight is 302 g/mol. The van der Waals surface area contributed by atoms with Crippen molar-refractivity contribution >= 4 is 23.1 Å². The molecule has 0 aliphatic heterocycles. The van der Waals surface area contributed by atoms with Crippen LogP contribution in [0.5, 0.6) is 0 Å². The predicted octanol–water partition coefficient (Wildman–Crippen LogP) is 3.09. The van der Waals surface area contributed by atoms with Gasteiger partial charge < -0.3 is 15.7 Å². The van der Waals surface area contributed by atoms with Gasteiger partial charge in [0.05, 0.1) is 6.10 Å². The van der Waals surface area contributed by atoms with Gasteiger partial charge in [-0.15, -0.1) is 0 Å². The van der Waals surface area contributed by atoms with E-state index in [0.717, 1.165) is 24.1 Å². The van der Waals surface area contributed by atoms with Crippen LogP contribution in [0, 0.1) is 0 Å². The molecule has 21 heavy (non-hydrogen) atoms. The number of amides is 2. The van der Waals surface area contributed by atoms with E-state index in [1.54, 1.807) is 0 Å². The summed E-state index contributed by atoms with van der Waals surface area (Å²) in [6.07, 6.45) is 2.75.